The van der Waals surface area contributed by atoms with Crippen LogP contribution in [0.3, 0.4) is 0 Å². The van der Waals surface area contributed by atoms with Crippen LogP contribution in [0.25, 0.3) is 10.8 Å². The average Bonchev–Trinajstić information content (AvgIpc) is 2.40. The number of nitrogens with two attached hydrogens (primary N) is 1. The predicted molar refractivity (Wildman–Crippen MR) is 82.1 cm³/mol. The van der Waals surface area contributed by atoms with Crippen molar-refractivity contribution in [3.05, 3.63) is 30.6 Å². The standard InChI is InChI=1S/C13H18N4O2S/c1-20(18,19)17-7-2-6-16-13-4-3-12(14)10-5-8-15-9-11(10)13/h3-5,8-9,16-17H,2,6-7,14H2,1H3. The third-order valence-corrected chi connectivity index (χ3v) is 3.61. The molecule has 6 nitrogen and oxygen atoms in total. The van der Waals surface area contributed by atoms with Gasteiger partial charge in [-0.3, -0.25) is 4.98 Å². The molecule has 20 heavy (non-hydrogen) atoms. The highest BCUT2D eigenvalue weighted by molar-refractivity contribution is 7.88. The lowest BCUT2D eigenvalue weighted by Crippen LogP contribution is -2.24. The Labute approximate surface area is 118 Å². The number of anilines is 2. The Morgan fingerprint density at radius 1 is 1.20 bits per heavy atom. The zero-order valence-electron chi connectivity index (χ0n) is 11.3. The van der Waals surface area contributed by atoms with E-state index in [1.54, 1.807) is 12.4 Å². The minimum atomic E-state index is -3.11. The van der Waals surface area contributed by atoms with Gasteiger partial charge in [-0.1, -0.05) is 0 Å². The fraction of sp³-hybridized carbons (Fsp3) is 0.308. The number of rotatable bonds is 6. The second-order valence-corrected chi connectivity index (χ2v) is 6.40. The van der Waals surface area contributed by atoms with Crippen LogP contribution in [0.15, 0.2) is 30.6 Å². The molecule has 0 fully saturated rings. The number of pyridine rings is 1. The van der Waals surface area contributed by atoms with Gasteiger partial charge in [-0.2, -0.15) is 0 Å². The Kier molecular flexibility index (Phi) is 4.41. The van der Waals surface area contributed by atoms with E-state index in [0.29, 0.717) is 25.2 Å². The molecule has 0 saturated heterocycles. The van der Waals surface area contributed by atoms with Crippen molar-refractivity contribution in [3.63, 3.8) is 0 Å². The van der Waals surface area contributed by atoms with Crippen molar-refractivity contribution in [2.24, 2.45) is 0 Å². The molecule has 1 aromatic heterocycles. The first kappa shape index (κ1) is 14.5. The maximum absolute atomic E-state index is 10.9. The predicted octanol–water partition coefficient (Wildman–Crippen LogP) is 1.17. The van der Waals surface area contributed by atoms with Crippen molar-refractivity contribution in [1.82, 2.24) is 9.71 Å². The first-order valence-corrected chi connectivity index (χ1v) is 8.17. The number of aromatic nitrogens is 1. The van der Waals surface area contributed by atoms with E-state index in [1.165, 1.54) is 0 Å². The molecule has 0 amide bonds. The molecular weight excluding hydrogens is 276 g/mol. The van der Waals surface area contributed by atoms with Gasteiger partial charge < -0.3 is 11.1 Å². The summed E-state index contributed by atoms with van der Waals surface area (Å²) in [6.07, 6.45) is 5.32. The van der Waals surface area contributed by atoms with E-state index in [2.05, 4.69) is 15.0 Å². The van der Waals surface area contributed by atoms with Crippen LogP contribution in [0, 0.1) is 0 Å². The van der Waals surface area contributed by atoms with Gasteiger partial charge in [0.05, 0.1) is 6.26 Å². The first-order valence-electron chi connectivity index (χ1n) is 6.28. The average molecular weight is 294 g/mol. The Morgan fingerprint density at radius 2 is 2.00 bits per heavy atom. The maximum atomic E-state index is 10.9. The summed E-state index contributed by atoms with van der Waals surface area (Å²) >= 11 is 0. The van der Waals surface area contributed by atoms with Gasteiger partial charge in [0.1, 0.15) is 0 Å². The largest absolute Gasteiger partial charge is 0.398 e. The topological polar surface area (TPSA) is 97.1 Å². The number of benzene rings is 1. The van der Waals surface area contributed by atoms with Crippen molar-refractivity contribution in [2.75, 3.05) is 30.4 Å². The van der Waals surface area contributed by atoms with Gasteiger partial charge >= 0.3 is 0 Å². The highest BCUT2D eigenvalue weighted by atomic mass is 32.2. The summed E-state index contributed by atoms with van der Waals surface area (Å²) in [6, 6.07) is 5.63. The first-order chi connectivity index (χ1) is 9.47. The molecule has 0 saturated carbocycles. The van der Waals surface area contributed by atoms with Crippen molar-refractivity contribution < 1.29 is 8.42 Å². The van der Waals surface area contributed by atoms with E-state index in [0.717, 1.165) is 22.7 Å². The Bertz CT molecular complexity index is 701. The highest BCUT2D eigenvalue weighted by Crippen LogP contribution is 2.27. The molecule has 0 bridgehead atoms. The van der Waals surface area contributed by atoms with Gasteiger partial charge in [0, 0.05) is 47.6 Å². The van der Waals surface area contributed by atoms with E-state index < -0.39 is 10.0 Å². The van der Waals surface area contributed by atoms with E-state index in [-0.39, 0.29) is 0 Å². The minimum absolute atomic E-state index is 0.414. The number of fused-ring (bicyclic) bond motifs is 1. The van der Waals surface area contributed by atoms with E-state index >= 15 is 0 Å². The van der Waals surface area contributed by atoms with Crippen molar-refractivity contribution in [1.29, 1.82) is 0 Å². The van der Waals surface area contributed by atoms with Gasteiger partial charge in [0.2, 0.25) is 10.0 Å². The number of nitrogen functional groups attached to an aromatic ring is 1. The molecule has 2 rings (SSSR count). The van der Waals surface area contributed by atoms with Crippen LogP contribution in [0.2, 0.25) is 0 Å². The van der Waals surface area contributed by atoms with E-state index in [4.69, 9.17) is 5.73 Å². The SMILES string of the molecule is CS(=O)(=O)NCCCNc1ccc(N)c2ccncc12. The van der Waals surface area contributed by atoms with Crippen LogP contribution in [0.4, 0.5) is 11.4 Å². The fourth-order valence-corrected chi connectivity index (χ4v) is 2.45. The quantitative estimate of drug-likeness (QED) is 0.549. The molecule has 0 spiro atoms. The number of hydrogen-bond donors (Lipinski definition) is 3. The van der Waals surface area contributed by atoms with Gasteiger partial charge in [-0.25, -0.2) is 13.1 Å². The molecule has 4 N–H and O–H groups in total. The zero-order valence-corrected chi connectivity index (χ0v) is 12.1. The number of nitrogens with one attached hydrogen (secondary N) is 2. The molecule has 0 unspecified atom stereocenters. The second-order valence-electron chi connectivity index (χ2n) is 4.57. The van der Waals surface area contributed by atoms with Crippen molar-refractivity contribution in [3.8, 4) is 0 Å². The summed E-state index contributed by atoms with van der Waals surface area (Å²) in [6.45, 7) is 1.08. The molecule has 1 heterocycles. The summed E-state index contributed by atoms with van der Waals surface area (Å²) in [7, 11) is -3.11. The summed E-state index contributed by atoms with van der Waals surface area (Å²) in [4.78, 5) is 4.10. The fourth-order valence-electron chi connectivity index (χ4n) is 1.94. The molecule has 0 aliphatic rings. The van der Waals surface area contributed by atoms with Crippen molar-refractivity contribution in [2.45, 2.75) is 6.42 Å². The van der Waals surface area contributed by atoms with Crippen LogP contribution in [0.5, 0.6) is 0 Å². The third-order valence-electron chi connectivity index (χ3n) is 2.89. The number of sulfonamides is 1. The smallest absolute Gasteiger partial charge is 0.208 e. The van der Waals surface area contributed by atoms with Crippen LogP contribution >= 0.6 is 0 Å². The molecule has 108 valence electrons. The monoisotopic (exact) mass is 294 g/mol. The second kappa shape index (κ2) is 6.06. The molecular formula is C13H18N4O2S. The molecule has 0 atom stereocenters. The van der Waals surface area contributed by atoms with Gasteiger partial charge in [-0.15, -0.1) is 0 Å². The summed E-state index contributed by atoms with van der Waals surface area (Å²) in [5.74, 6) is 0. The lowest BCUT2D eigenvalue weighted by Gasteiger charge is -2.11. The molecule has 0 aliphatic carbocycles. The lowest BCUT2D eigenvalue weighted by atomic mass is 10.1. The van der Waals surface area contributed by atoms with Crippen LogP contribution in [-0.2, 0) is 10.0 Å². The van der Waals surface area contributed by atoms with E-state index in [1.807, 2.05) is 18.2 Å². The lowest BCUT2D eigenvalue weighted by molar-refractivity contribution is 0.586. The molecule has 0 aliphatic heterocycles. The van der Waals surface area contributed by atoms with Crippen LogP contribution in [0.1, 0.15) is 6.42 Å². The Balaban J connectivity index is 1.99. The maximum Gasteiger partial charge on any atom is 0.208 e. The zero-order chi connectivity index (χ0) is 14.6. The molecule has 1 aromatic carbocycles. The summed E-state index contributed by atoms with van der Waals surface area (Å²) in [5, 5.41) is 5.19. The normalized spacial score (nSPS) is 11.7. The number of hydrogen-bond acceptors (Lipinski definition) is 5. The Morgan fingerprint density at radius 3 is 2.75 bits per heavy atom. The van der Waals surface area contributed by atoms with Gasteiger partial charge in [0.15, 0.2) is 0 Å². The summed E-state index contributed by atoms with van der Waals surface area (Å²) in [5.41, 5.74) is 7.58. The molecule has 2 aromatic rings. The highest BCUT2D eigenvalue weighted by Gasteiger charge is 2.04. The molecule has 7 heteroatoms. The summed E-state index contributed by atoms with van der Waals surface area (Å²) < 4.78 is 24.3. The van der Waals surface area contributed by atoms with Gasteiger partial charge in [0.25, 0.3) is 0 Å². The number of nitrogens with zero attached hydrogens (tertiary/aromatic N) is 1. The Hall–Kier alpha value is -1.86. The van der Waals surface area contributed by atoms with Crippen molar-refractivity contribution >= 4 is 32.2 Å². The minimum Gasteiger partial charge on any atom is -0.398 e. The molecule has 0 radical (unpaired) electrons. The van der Waals surface area contributed by atoms with Gasteiger partial charge in [-0.05, 0) is 24.6 Å². The third kappa shape index (κ3) is 3.82. The van der Waals surface area contributed by atoms with Crippen LogP contribution < -0.4 is 15.8 Å². The van der Waals surface area contributed by atoms with E-state index in [9.17, 15) is 8.42 Å². The van der Waals surface area contributed by atoms with Crippen LogP contribution in [-0.4, -0.2) is 32.7 Å².